The maximum absolute atomic E-state index is 12.6. The van der Waals surface area contributed by atoms with Crippen LogP contribution in [0.5, 0.6) is 0 Å². The molecule has 0 aliphatic rings. The molecule has 0 saturated carbocycles. The lowest BCUT2D eigenvalue weighted by atomic mass is 10.0. The number of hydrogen-bond donors (Lipinski definition) is 1. The first kappa shape index (κ1) is 21.0. The van der Waals surface area contributed by atoms with Crippen molar-refractivity contribution in [2.75, 3.05) is 20.6 Å². The summed E-state index contributed by atoms with van der Waals surface area (Å²) in [7, 11) is 3.89. The summed E-state index contributed by atoms with van der Waals surface area (Å²) in [5.41, 5.74) is 2.19. The number of hydrogen-bond acceptors (Lipinski definition) is 2. The second-order valence-corrected chi connectivity index (χ2v) is 6.75. The summed E-state index contributed by atoms with van der Waals surface area (Å²) < 4.78 is 37.8. The van der Waals surface area contributed by atoms with Crippen LogP contribution in [0, 0.1) is 0 Å². The SMILES string of the molecule is CCc1ccc([C@H](CNC(=O)Cc2ccc(C(F)(F)F)cc2)N(C)C)cc1. The number of likely N-dealkylation sites (N-methyl/N-ethyl adjacent to an activating group) is 1. The highest BCUT2D eigenvalue weighted by molar-refractivity contribution is 5.78. The van der Waals surface area contributed by atoms with Crippen LogP contribution >= 0.6 is 0 Å². The van der Waals surface area contributed by atoms with E-state index in [1.165, 1.54) is 17.7 Å². The van der Waals surface area contributed by atoms with Crippen molar-refractivity contribution in [3.05, 3.63) is 70.8 Å². The molecule has 2 rings (SSSR count). The Morgan fingerprint density at radius 1 is 1.00 bits per heavy atom. The number of carbonyl (C=O) groups excluding carboxylic acids is 1. The lowest BCUT2D eigenvalue weighted by molar-refractivity contribution is -0.137. The summed E-state index contributed by atoms with van der Waals surface area (Å²) in [5.74, 6) is -0.216. The Balaban J connectivity index is 1.95. The molecule has 1 amide bonds. The van der Waals surface area contributed by atoms with Crippen LogP contribution in [0.25, 0.3) is 0 Å². The first-order valence-corrected chi connectivity index (χ1v) is 8.88. The number of rotatable bonds is 7. The molecule has 1 N–H and O–H groups in total. The van der Waals surface area contributed by atoms with Crippen molar-refractivity contribution >= 4 is 5.91 Å². The van der Waals surface area contributed by atoms with E-state index in [2.05, 4.69) is 36.5 Å². The molecule has 0 unspecified atom stereocenters. The van der Waals surface area contributed by atoms with E-state index in [0.29, 0.717) is 12.1 Å². The molecule has 2 aromatic rings. The quantitative estimate of drug-likeness (QED) is 0.782. The van der Waals surface area contributed by atoms with E-state index < -0.39 is 11.7 Å². The van der Waals surface area contributed by atoms with Crippen LogP contribution in [0.2, 0.25) is 0 Å². The number of benzene rings is 2. The molecule has 0 spiro atoms. The highest BCUT2D eigenvalue weighted by Crippen LogP contribution is 2.29. The Morgan fingerprint density at radius 3 is 2.04 bits per heavy atom. The number of aryl methyl sites for hydroxylation is 1. The lowest BCUT2D eigenvalue weighted by Crippen LogP contribution is -2.35. The number of alkyl halides is 3. The topological polar surface area (TPSA) is 32.3 Å². The van der Waals surface area contributed by atoms with E-state index in [1.807, 2.05) is 19.0 Å². The normalized spacial score (nSPS) is 12.9. The molecule has 0 heterocycles. The van der Waals surface area contributed by atoms with Crippen LogP contribution in [0.1, 0.15) is 35.2 Å². The van der Waals surface area contributed by atoms with Gasteiger partial charge in [-0.25, -0.2) is 0 Å². The van der Waals surface area contributed by atoms with E-state index in [-0.39, 0.29) is 18.4 Å². The maximum atomic E-state index is 12.6. The zero-order valence-corrected chi connectivity index (χ0v) is 15.8. The molecule has 1 atom stereocenters. The minimum atomic E-state index is -4.37. The van der Waals surface area contributed by atoms with Crippen LogP contribution in [0.3, 0.4) is 0 Å². The predicted octanol–water partition coefficient (Wildman–Crippen LogP) is 4.23. The van der Waals surface area contributed by atoms with E-state index in [0.717, 1.165) is 24.1 Å². The largest absolute Gasteiger partial charge is 0.416 e. The molecule has 27 heavy (non-hydrogen) atoms. The average molecular weight is 378 g/mol. The molecule has 2 aromatic carbocycles. The summed E-state index contributed by atoms with van der Waals surface area (Å²) in [6, 6.07) is 13.0. The third-order valence-electron chi connectivity index (χ3n) is 4.53. The van der Waals surface area contributed by atoms with Crippen molar-refractivity contribution < 1.29 is 18.0 Å². The van der Waals surface area contributed by atoms with Gasteiger partial charge >= 0.3 is 6.18 Å². The first-order valence-electron chi connectivity index (χ1n) is 8.88. The van der Waals surface area contributed by atoms with Gasteiger partial charge in [0.2, 0.25) is 5.91 Å². The Kier molecular flexibility index (Phi) is 7.02. The van der Waals surface area contributed by atoms with Gasteiger partial charge < -0.3 is 10.2 Å². The van der Waals surface area contributed by atoms with Gasteiger partial charge in [0, 0.05) is 6.54 Å². The molecular formula is C21H25F3N2O. The third kappa shape index (κ3) is 6.10. The molecule has 146 valence electrons. The summed E-state index contributed by atoms with van der Waals surface area (Å²) in [6.07, 6.45) is -3.35. The minimum absolute atomic E-state index is 0.0208. The van der Waals surface area contributed by atoms with Crippen LogP contribution < -0.4 is 5.32 Å². The van der Waals surface area contributed by atoms with Gasteiger partial charge in [-0.3, -0.25) is 4.79 Å². The van der Waals surface area contributed by atoms with Crippen molar-refractivity contribution in [3.63, 3.8) is 0 Å². The van der Waals surface area contributed by atoms with Crippen molar-refractivity contribution in [2.24, 2.45) is 0 Å². The summed E-state index contributed by atoms with van der Waals surface area (Å²) >= 11 is 0. The van der Waals surface area contributed by atoms with Crippen molar-refractivity contribution in [3.8, 4) is 0 Å². The van der Waals surface area contributed by atoms with Crippen LogP contribution in [0.15, 0.2) is 48.5 Å². The highest BCUT2D eigenvalue weighted by atomic mass is 19.4. The zero-order valence-electron chi connectivity index (χ0n) is 15.8. The minimum Gasteiger partial charge on any atom is -0.354 e. The monoisotopic (exact) mass is 378 g/mol. The lowest BCUT2D eigenvalue weighted by Gasteiger charge is -2.25. The number of carbonyl (C=O) groups is 1. The molecule has 0 aliphatic carbocycles. The maximum Gasteiger partial charge on any atom is 0.416 e. The van der Waals surface area contributed by atoms with Gasteiger partial charge in [-0.05, 0) is 49.3 Å². The summed E-state index contributed by atoms with van der Waals surface area (Å²) in [6.45, 7) is 2.53. The Bertz CT molecular complexity index is 738. The number of nitrogens with one attached hydrogen (secondary N) is 1. The fourth-order valence-electron chi connectivity index (χ4n) is 2.84. The molecule has 0 aromatic heterocycles. The van der Waals surface area contributed by atoms with Gasteiger partial charge in [-0.2, -0.15) is 13.2 Å². The molecular weight excluding hydrogens is 353 g/mol. The standard InChI is InChI=1S/C21H25F3N2O/c1-4-15-5-9-17(10-6-15)19(26(2)3)14-25-20(27)13-16-7-11-18(12-8-16)21(22,23)24/h5-12,19H,4,13-14H2,1-3H3,(H,25,27)/t19-/m0/s1. The molecule has 3 nitrogen and oxygen atoms in total. The molecule has 0 saturated heterocycles. The van der Waals surface area contributed by atoms with Gasteiger partial charge in [0.15, 0.2) is 0 Å². The van der Waals surface area contributed by atoms with Crippen LogP contribution in [-0.2, 0) is 23.8 Å². The average Bonchev–Trinajstić information content (AvgIpc) is 2.62. The smallest absolute Gasteiger partial charge is 0.354 e. The van der Waals surface area contributed by atoms with E-state index in [4.69, 9.17) is 0 Å². The van der Waals surface area contributed by atoms with E-state index >= 15 is 0 Å². The Hall–Kier alpha value is -2.34. The van der Waals surface area contributed by atoms with Gasteiger partial charge in [-0.15, -0.1) is 0 Å². The predicted molar refractivity (Wildman–Crippen MR) is 100 cm³/mol. The van der Waals surface area contributed by atoms with Gasteiger partial charge in [0.25, 0.3) is 0 Å². The highest BCUT2D eigenvalue weighted by Gasteiger charge is 2.30. The van der Waals surface area contributed by atoms with Gasteiger partial charge in [0.05, 0.1) is 18.0 Å². The molecule has 0 aliphatic heterocycles. The fraction of sp³-hybridized carbons (Fsp3) is 0.381. The Labute approximate surface area is 158 Å². The second kappa shape index (κ2) is 9.04. The molecule has 0 radical (unpaired) electrons. The van der Waals surface area contributed by atoms with Gasteiger partial charge in [0.1, 0.15) is 0 Å². The van der Waals surface area contributed by atoms with Crippen molar-refractivity contribution in [1.82, 2.24) is 10.2 Å². The first-order chi connectivity index (χ1) is 12.7. The van der Waals surface area contributed by atoms with E-state index in [1.54, 1.807) is 0 Å². The van der Waals surface area contributed by atoms with Gasteiger partial charge in [-0.1, -0.05) is 43.3 Å². The second-order valence-electron chi connectivity index (χ2n) is 6.75. The fourth-order valence-corrected chi connectivity index (χ4v) is 2.84. The van der Waals surface area contributed by atoms with E-state index in [9.17, 15) is 18.0 Å². The third-order valence-corrected chi connectivity index (χ3v) is 4.53. The van der Waals surface area contributed by atoms with Crippen molar-refractivity contribution in [1.29, 1.82) is 0 Å². The number of halogens is 3. The molecule has 0 fully saturated rings. The Morgan fingerprint density at radius 2 is 1.56 bits per heavy atom. The van der Waals surface area contributed by atoms with Crippen LogP contribution in [0.4, 0.5) is 13.2 Å². The zero-order chi connectivity index (χ0) is 20.0. The van der Waals surface area contributed by atoms with Crippen LogP contribution in [-0.4, -0.2) is 31.4 Å². The number of amides is 1. The number of nitrogens with zero attached hydrogens (tertiary/aromatic N) is 1. The molecule has 0 bridgehead atoms. The van der Waals surface area contributed by atoms with Crippen molar-refractivity contribution in [2.45, 2.75) is 32.0 Å². The molecule has 6 heteroatoms. The summed E-state index contributed by atoms with van der Waals surface area (Å²) in [4.78, 5) is 14.2. The summed E-state index contributed by atoms with van der Waals surface area (Å²) in [5, 5.41) is 2.88.